The van der Waals surface area contributed by atoms with Crippen LogP contribution in [0.25, 0.3) is 5.69 Å². The van der Waals surface area contributed by atoms with Gasteiger partial charge in [-0.3, -0.25) is 4.79 Å². The number of hydrogen-bond donors (Lipinski definition) is 0. The largest absolute Gasteiger partial charge is 0.464 e. The minimum Gasteiger partial charge on any atom is -0.464 e. The third-order valence-electron chi connectivity index (χ3n) is 2.34. The van der Waals surface area contributed by atoms with Gasteiger partial charge in [-0.05, 0) is 40.8 Å². The van der Waals surface area contributed by atoms with Crippen LogP contribution in [-0.2, 0) is 4.74 Å². The van der Waals surface area contributed by atoms with Crippen LogP contribution in [0, 0.1) is 3.57 Å². The molecule has 7 heteroatoms. The van der Waals surface area contributed by atoms with Crippen LogP contribution in [-0.4, -0.2) is 22.9 Å². The van der Waals surface area contributed by atoms with E-state index in [1.54, 1.807) is 12.1 Å². The number of carbonyl (C=O) groups excluding carboxylic acids is 1. The summed E-state index contributed by atoms with van der Waals surface area (Å²) >= 11 is 8.21. The standard InChI is InChI=1S/C12H8ClIN2O3/c1-19-12(18)11-10(17)4-5-16(15-11)9-6-7(14)2-3-8(9)13/h2-6H,1H3. The number of hydrogen-bond acceptors (Lipinski definition) is 4. The number of rotatable bonds is 2. The molecule has 19 heavy (non-hydrogen) atoms. The molecule has 5 nitrogen and oxygen atoms in total. The number of methoxy groups -OCH3 is 1. The summed E-state index contributed by atoms with van der Waals surface area (Å²) in [7, 11) is 1.19. The normalized spacial score (nSPS) is 10.3. The van der Waals surface area contributed by atoms with Gasteiger partial charge >= 0.3 is 5.97 Å². The third kappa shape index (κ3) is 2.95. The molecule has 0 aliphatic carbocycles. The van der Waals surface area contributed by atoms with Crippen molar-refractivity contribution in [2.75, 3.05) is 7.11 Å². The Labute approximate surface area is 127 Å². The molecule has 1 heterocycles. The Hall–Kier alpha value is -1.41. The van der Waals surface area contributed by atoms with E-state index < -0.39 is 11.4 Å². The number of esters is 1. The van der Waals surface area contributed by atoms with Gasteiger partial charge in [-0.1, -0.05) is 11.6 Å². The molecule has 0 bridgehead atoms. The number of nitrogens with zero attached hydrogens (tertiary/aromatic N) is 2. The second-order valence-corrected chi connectivity index (χ2v) is 5.21. The highest BCUT2D eigenvalue weighted by Crippen LogP contribution is 2.21. The molecule has 2 rings (SSSR count). The molecule has 98 valence electrons. The second kappa shape index (κ2) is 5.70. The first-order valence-corrected chi connectivity index (χ1v) is 6.62. The highest BCUT2D eigenvalue weighted by Gasteiger charge is 2.14. The Balaban J connectivity index is 2.61. The first kappa shape index (κ1) is 14.0. The van der Waals surface area contributed by atoms with E-state index in [4.69, 9.17) is 11.6 Å². The molecule has 1 aromatic heterocycles. The summed E-state index contributed by atoms with van der Waals surface area (Å²) in [4.78, 5) is 23.0. The van der Waals surface area contributed by atoms with Crippen molar-refractivity contribution in [3.8, 4) is 5.69 Å². The third-order valence-corrected chi connectivity index (χ3v) is 3.33. The van der Waals surface area contributed by atoms with Gasteiger partial charge in [0.2, 0.25) is 11.1 Å². The summed E-state index contributed by atoms with van der Waals surface area (Å²) in [5.41, 5.74) is -0.191. The molecule has 0 radical (unpaired) electrons. The molecule has 0 saturated heterocycles. The molecule has 1 aromatic carbocycles. The quantitative estimate of drug-likeness (QED) is 0.583. The molecular formula is C12H8ClIN2O3. The average molecular weight is 391 g/mol. The number of carbonyl (C=O) groups is 1. The number of halogens is 2. The molecule has 0 atom stereocenters. The lowest BCUT2D eigenvalue weighted by atomic mass is 10.3. The first-order valence-electron chi connectivity index (χ1n) is 5.16. The molecule has 0 aliphatic heterocycles. The Bertz CT molecular complexity index is 700. The Morgan fingerprint density at radius 3 is 2.84 bits per heavy atom. The number of benzene rings is 1. The second-order valence-electron chi connectivity index (χ2n) is 3.56. The van der Waals surface area contributed by atoms with Crippen molar-refractivity contribution < 1.29 is 9.53 Å². The zero-order valence-electron chi connectivity index (χ0n) is 9.76. The van der Waals surface area contributed by atoms with E-state index in [0.29, 0.717) is 10.7 Å². The summed E-state index contributed by atoms with van der Waals surface area (Å²) in [6, 6.07) is 6.60. The summed E-state index contributed by atoms with van der Waals surface area (Å²) in [5, 5.41) is 4.42. The molecule has 0 aliphatic rings. The van der Waals surface area contributed by atoms with Crippen LogP contribution in [0.3, 0.4) is 0 Å². The smallest absolute Gasteiger partial charge is 0.362 e. The molecular weight excluding hydrogens is 383 g/mol. The van der Waals surface area contributed by atoms with Crippen molar-refractivity contribution in [3.63, 3.8) is 0 Å². The van der Waals surface area contributed by atoms with Crippen LogP contribution >= 0.6 is 34.2 Å². The van der Waals surface area contributed by atoms with Gasteiger partial charge in [0.25, 0.3) is 0 Å². The van der Waals surface area contributed by atoms with E-state index in [2.05, 4.69) is 32.4 Å². The van der Waals surface area contributed by atoms with Crippen LogP contribution < -0.4 is 5.43 Å². The monoisotopic (exact) mass is 390 g/mol. The zero-order valence-corrected chi connectivity index (χ0v) is 12.7. The van der Waals surface area contributed by atoms with Crippen LogP contribution in [0.15, 0.2) is 35.3 Å². The summed E-state index contributed by atoms with van der Waals surface area (Å²) in [6.07, 6.45) is 1.45. The maximum atomic E-state index is 11.5. The lowest BCUT2D eigenvalue weighted by molar-refractivity contribution is 0.0590. The van der Waals surface area contributed by atoms with Gasteiger partial charge in [-0.2, -0.15) is 5.10 Å². The lowest BCUT2D eigenvalue weighted by Gasteiger charge is -2.08. The van der Waals surface area contributed by atoms with Gasteiger partial charge in [-0.25, -0.2) is 9.48 Å². The van der Waals surface area contributed by atoms with Gasteiger partial charge in [0, 0.05) is 15.8 Å². The number of ether oxygens (including phenoxy) is 1. The predicted molar refractivity (Wildman–Crippen MR) is 78.9 cm³/mol. The fourth-order valence-corrected chi connectivity index (χ4v) is 2.12. The molecule has 0 spiro atoms. The van der Waals surface area contributed by atoms with Crippen LogP contribution in [0.5, 0.6) is 0 Å². The van der Waals surface area contributed by atoms with Crippen molar-refractivity contribution in [2.24, 2.45) is 0 Å². The van der Waals surface area contributed by atoms with Gasteiger partial charge in [-0.15, -0.1) is 0 Å². The Morgan fingerprint density at radius 2 is 2.16 bits per heavy atom. The zero-order chi connectivity index (χ0) is 14.0. The SMILES string of the molecule is COC(=O)c1nn(-c2cc(I)ccc2Cl)ccc1=O. The lowest BCUT2D eigenvalue weighted by Crippen LogP contribution is -2.21. The van der Waals surface area contributed by atoms with Gasteiger partial charge in [0.15, 0.2) is 0 Å². The topological polar surface area (TPSA) is 61.2 Å². The Morgan fingerprint density at radius 1 is 1.42 bits per heavy atom. The highest BCUT2D eigenvalue weighted by molar-refractivity contribution is 14.1. The summed E-state index contributed by atoms with van der Waals surface area (Å²) < 4.78 is 6.84. The fourth-order valence-electron chi connectivity index (χ4n) is 1.44. The van der Waals surface area contributed by atoms with E-state index >= 15 is 0 Å². The van der Waals surface area contributed by atoms with E-state index in [0.717, 1.165) is 3.57 Å². The van der Waals surface area contributed by atoms with Crippen molar-refractivity contribution in [3.05, 3.63) is 55.0 Å². The van der Waals surface area contributed by atoms with Crippen LogP contribution in [0.1, 0.15) is 10.5 Å². The summed E-state index contributed by atoms with van der Waals surface area (Å²) in [6.45, 7) is 0. The molecule has 0 saturated carbocycles. The number of aromatic nitrogens is 2. The minimum absolute atomic E-state index is 0.278. The Kier molecular flexibility index (Phi) is 4.20. The average Bonchev–Trinajstić information content (AvgIpc) is 2.41. The maximum absolute atomic E-state index is 11.5. The van der Waals surface area contributed by atoms with Crippen molar-refractivity contribution in [1.29, 1.82) is 0 Å². The van der Waals surface area contributed by atoms with E-state index in [9.17, 15) is 9.59 Å². The fraction of sp³-hybridized carbons (Fsp3) is 0.0833. The molecule has 0 amide bonds. The van der Waals surface area contributed by atoms with Crippen molar-refractivity contribution >= 4 is 40.2 Å². The maximum Gasteiger partial charge on any atom is 0.362 e. The van der Waals surface area contributed by atoms with E-state index in [-0.39, 0.29) is 5.69 Å². The predicted octanol–water partition coefficient (Wildman–Crippen LogP) is 2.28. The molecule has 2 aromatic rings. The van der Waals surface area contributed by atoms with Gasteiger partial charge < -0.3 is 4.74 Å². The first-order chi connectivity index (χ1) is 9.02. The van der Waals surface area contributed by atoms with Crippen molar-refractivity contribution in [1.82, 2.24) is 9.78 Å². The van der Waals surface area contributed by atoms with Crippen LogP contribution in [0.2, 0.25) is 5.02 Å². The van der Waals surface area contributed by atoms with Crippen molar-refractivity contribution in [2.45, 2.75) is 0 Å². The highest BCUT2D eigenvalue weighted by atomic mass is 127. The van der Waals surface area contributed by atoms with E-state index in [1.807, 2.05) is 6.07 Å². The van der Waals surface area contributed by atoms with E-state index in [1.165, 1.54) is 24.1 Å². The minimum atomic E-state index is -0.777. The summed E-state index contributed by atoms with van der Waals surface area (Å²) in [5.74, 6) is -0.777. The molecule has 0 N–H and O–H groups in total. The van der Waals surface area contributed by atoms with Crippen LogP contribution in [0.4, 0.5) is 0 Å². The van der Waals surface area contributed by atoms with Gasteiger partial charge in [0.05, 0.1) is 17.8 Å². The molecule has 0 fully saturated rings. The molecule has 0 unspecified atom stereocenters. The van der Waals surface area contributed by atoms with Gasteiger partial charge in [0.1, 0.15) is 0 Å².